The van der Waals surface area contributed by atoms with Crippen LogP contribution in [0.1, 0.15) is 17.8 Å². The molecule has 19 heavy (non-hydrogen) atoms. The first-order valence-corrected chi connectivity index (χ1v) is 7.25. The first-order valence-electron chi connectivity index (χ1n) is 6.14. The molecule has 2 saturated heterocycles. The monoisotopic (exact) mass is 287 g/mol. The molecule has 1 N–H and O–H groups in total. The van der Waals surface area contributed by atoms with Gasteiger partial charge in [0.05, 0.1) is 10.6 Å². The van der Waals surface area contributed by atoms with Gasteiger partial charge in [0.25, 0.3) is 6.43 Å². The van der Waals surface area contributed by atoms with E-state index in [4.69, 9.17) is 0 Å². The predicted molar refractivity (Wildman–Crippen MR) is 67.2 cm³/mol. The second-order valence-corrected chi connectivity index (χ2v) is 6.73. The summed E-state index contributed by atoms with van der Waals surface area (Å²) in [7, 11) is -1.29. The highest BCUT2D eigenvalue weighted by Crippen LogP contribution is 2.36. The average Bonchev–Trinajstić information content (AvgIpc) is 2.24. The molecule has 0 radical (unpaired) electrons. The Morgan fingerprint density at radius 1 is 1.42 bits per heavy atom. The van der Waals surface area contributed by atoms with Crippen LogP contribution in [0.2, 0.25) is 0 Å². The van der Waals surface area contributed by atoms with Crippen LogP contribution in [-0.4, -0.2) is 39.7 Å². The van der Waals surface area contributed by atoms with E-state index in [9.17, 15) is 13.0 Å². The highest BCUT2D eigenvalue weighted by Gasteiger charge is 2.49. The van der Waals surface area contributed by atoms with Gasteiger partial charge in [0.2, 0.25) is 0 Å². The Morgan fingerprint density at radius 3 is 2.58 bits per heavy atom. The van der Waals surface area contributed by atoms with Gasteiger partial charge in [-0.2, -0.15) is 0 Å². The number of hydrogen-bond acceptors (Lipinski definition) is 3. The van der Waals surface area contributed by atoms with Crippen LogP contribution in [0.4, 0.5) is 8.78 Å². The minimum atomic E-state index is -2.59. The molecule has 2 aliphatic rings. The normalized spacial score (nSPS) is 23.2. The Hall–Kier alpha value is -0.920. The zero-order valence-electron chi connectivity index (χ0n) is 10.5. The smallest absolute Gasteiger partial charge is 0.280 e. The number of pyridine rings is 1. The van der Waals surface area contributed by atoms with E-state index in [1.165, 1.54) is 12.1 Å². The van der Waals surface area contributed by atoms with Crippen LogP contribution in [0, 0.1) is 12.3 Å². The lowest BCUT2D eigenvalue weighted by molar-refractivity contribution is 0.0199. The molecule has 0 bridgehead atoms. The van der Waals surface area contributed by atoms with Crippen molar-refractivity contribution in [2.75, 3.05) is 26.2 Å². The third-order valence-electron chi connectivity index (χ3n) is 3.73. The number of hydrogen-bond donors (Lipinski definition) is 1. The summed E-state index contributed by atoms with van der Waals surface area (Å²) in [5.41, 5.74) is 0.449. The van der Waals surface area contributed by atoms with Gasteiger partial charge in [-0.25, -0.2) is 17.3 Å². The van der Waals surface area contributed by atoms with Gasteiger partial charge in [-0.1, -0.05) is 0 Å². The lowest BCUT2D eigenvalue weighted by Gasteiger charge is -2.55. The molecule has 1 spiro atoms. The molecule has 1 atom stereocenters. The molecule has 2 aliphatic heterocycles. The number of alkyl halides is 2. The number of aromatic nitrogens is 1. The van der Waals surface area contributed by atoms with Gasteiger partial charge in [0.1, 0.15) is 16.7 Å². The van der Waals surface area contributed by atoms with Gasteiger partial charge in [0.15, 0.2) is 0 Å². The van der Waals surface area contributed by atoms with Gasteiger partial charge in [-0.3, -0.25) is 4.98 Å². The van der Waals surface area contributed by atoms with Crippen molar-refractivity contribution in [2.24, 2.45) is 5.41 Å². The van der Waals surface area contributed by atoms with Crippen LogP contribution in [0.3, 0.4) is 0 Å². The molecule has 1 unspecified atom stereocenters. The fourth-order valence-corrected chi connectivity index (χ4v) is 4.08. The summed E-state index contributed by atoms with van der Waals surface area (Å²) in [6.07, 6.45) is -2.59. The fraction of sp³-hybridized carbons (Fsp3) is 0.583. The molecule has 104 valence electrons. The maximum absolute atomic E-state index is 12.5. The summed E-state index contributed by atoms with van der Waals surface area (Å²) >= 11 is 0. The predicted octanol–water partition coefficient (Wildman–Crippen LogP) is 1.26. The average molecular weight is 287 g/mol. The summed E-state index contributed by atoms with van der Waals surface area (Å²) in [4.78, 5) is 4.36. The molecule has 4 nitrogen and oxygen atoms in total. The number of halogens is 2. The number of nitrogens with one attached hydrogen (secondary N) is 1. The Labute approximate surface area is 112 Å². The molecule has 3 rings (SSSR count). The zero-order valence-corrected chi connectivity index (χ0v) is 11.3. The van der Waals surface area contributed by atoms with Crippen LogP contribution in [0.15, 0.2) is 17.0 Å². The number of nitrogens with zero attached hydrogens (tertiary/aromatic N) is 2. The Kier molecular flexibility index (Phi) is 3.15. The SMILES string of the molecule is Cc1nc(C(F)F)ccc1S(=O)N1CC2(CNC2)C1. The van der Waals surface area contributed by atoms with Crippen LogP contribution in [0.5, 0.6) is 0 Å². The van der Waals surface area contributed by atoms with Gasteiger partial charge in [-0.05, 0) is 19.1 Å². The fourth-order valence-electron chi connectivity index (χ4n) is 2.53. The van der Waals surface area contributed by atoms with Crippen molar-refractivity contribution in [1.29, 1.82) is 0 Å². The summed E-state index contributed by atoms with van der Waals surface area (Å²) in [6, 6.07) is 2.76. The second-order valence-electron chi connectivity index (χ2n) is 5.27. The van der Waals surface area contributed by atoms with E-state index in [-0.39, 0.29) is 5.69 Å². The molecule has 0 saturated carbocycles. The molecule has 1 aromatic rings. The Morgan fingerprint density at radius 2 is 2.11 bits per heavy atom. The van der Waals surface area contributed by atoms with Crippen molar-refractivity contribution < 1.29 is 13.0 Å². The largest absolute Gasteiger partial charge is 0.315 e. The van der Waals surface area contributed by atoms with Crippen molar-refractivity contribution in [3.8, 4) is 0 Å². The van der Waals surface area contributed by atoms with Gasteiger partial charge in [-0.15, -0.1) is 0 Å². The van der Waals surface area contributed by atoms with E-state index in [0.717, 1.165) is 26.2 Å². The second kappa shape index (κ2) is 4.57. The van der Waals surface area contributed by atoms with Gasteiger partial charge >= 0.3 is 0 Å². The van der Waals surface area contributed by atoms with Crippen molar-refractivity contribution >= 4 is 11.0 Å². The van der Waals surface area contributed by atoms with Crippen LogP contribution in [-0.2, 0) is 11.0 Å². The lowest BCUT2D eigenvalue weighted by Crippen LogP contribution is -2.71. The van der Waals surface area contributed by atoms with E-state index in [1.807, 2.05) is 4.31 Å². The van der Waals surface area contributed by atoms with E-state index < -0.39 is 17.4 Å². The van der Waals surface area contributed by atoms with Crippen molar-refractivity contribution in [3.63, 3.8) is 0 Å². The summed E-state index contributed by atoms with van der Waals surface area (Å²) in [5.74, 6) is 0. The quantitative estimate of drug-likeness (QED) is 0.910. The van der Waals surface area contributed by atoms with E-state index >= 15 is 0 Å². The van der Waals surface area contributed by atoms with Gasteiger partial charge < -0.3 is 5.32 Å². The molecule has 1 aromatic heterocycles. The summed E-state index contributed by atoms with van der Waals surface area (Å²) in [6.45, 7) is 5.16. The van der Waals surface area contributed by atoms with Crippen molar-refractivity contribution in [1.82, 2.24) is 14.6 Å². The molecule has 7 heteroatoms. The molecule has 0 aromatic carbocycles. The van der Waals surface area contributed by atoms with E-state index in [0.29, 0.717) is 16.0 Å². The molecular weight excluding hydrogens is 272 g/mol. The number of aryl methyl sites for hydroxylation is 1. The molecular formula is C12H15F2N3OS. The Balaban J connectivity index is 1.73. The summed E-state index contributed by atoms with van der Waals surface area (Å²) < 4.78 is 39.2. The highest BCUT2D eigenvalue weighted by molar-refractivity contribution is 7.82. The first-order chi connectivity index (χ1) is 9.01. The summed E-state index contributed by atoms with van der Waals surface area (Å²) in [5, 5.41) is 3.21. The van der Waals surface area contributed by atoms with Crippen molar-refractivity contribution in [2.45, 2.75) is 18.2 Å². The van der Waals surface area contributed by atoms with Crippen LogP contribution < -0.4 is 5.32 Å². The standard InChI is InChI=1S/C12H15F2N3OS/c1-8-10(3-2-9(16-8)11(13)14)19(18)17-6-12(7-17)4-15-5-12/h2-3,11,15H,4-7H2,1H3. The maximum Gasteiger partial charge on any atom is 0.280 e. The highest BCUT2D eigenvalue weighted by atomic mass is 32.2. The minimum absolute atomic E-state index is 0.262. The van der Waals surface area contributed by atoms with E-state index in [2.05, 4.69) is 10.3 Å². The van der Waals surface area contributed by atoms with Crippen LogP contribution in [0.25, 0.3) is 0 Å². The molecule has 3 heterocycles. The Bertz CT molecular complexity index is 526. The molecule has 0 aliphatic carbocycles. The minimum Gasteiger partial charge on any atom is -0.315 e. The third-order valence-corrected chi connectivity index (χ3v) is 5.26. The van der Waals surface area contributed by atoms with Gasteiger partial charge in [0, 0.05) is 31.6 Å². The lowest BCUT2D eigenvalue weighted by atomic mass is 9.76. The third kappa shape index (κ3) is 2.19. The van der Waals surface area contributed by atoms with Crippen molar-refractivity contribution in [3.05, 3.63) is 23.5 Å². The molecule has 2 fully saturated rings. The van der Waals surface area contributed by atoms with Crippen LogP contribution >= 0.6 is 0 Å². The maximum atomic E-state index is 12.5. The molecule has 0 amide bonds. The van der Waals surface area contributed by atoms with E-state index in [1.54, 1.807) is 6.92 Å². The number of rotatable bonds is 3. The first kappa shape index (κ1) is 13.1. The zero-order chi connectivity index (χ0) is 13.6. The topological polar surface area (TPSA) is 45.2 Å².